The van der Waals surface area contributed by atoms with Crippen LogP contribution in [0.5, 0.6) is 0 Å². The van der Waals surface area contributed by atoms with Crippen molar-refractivity contribution in [1.82, 2.24) is 0 Å². The molecule has 1 heterocycles. The fourth-order valence-electron chi connectivity index (χ4n) is 2.71. The van der Waals surface area contributed by atoms with Crippen molar-refractivity contribution in [3.63, 3.8) is 0 Å². The van der Waals surface area contributed by atoms with Gasteiger partial charge in [-0.15, -0.1) is 11.3 Å². The smallest absolute Gasteiger partial charge is 0.282 e. The maximum atomic E-state index is 12.7. The van der Waals surface area contributed by atoms with Gasteiger partial charge in [0.2, 0.25) is 0 Å². The highest BCUT2D eigenvalue weighted by Crippen LogP contribution is 2.26. The first-order valence-electron chi connectivity index (χ1n) is 8.24. The second-order valence-corrected chi connectivity index (χ2v) is 7.82. The van der Waals surface area contributed by atoms with Crippen molar-refractivity contribution in [2.75, 3.05) is 5.32 Å². The molecule has 6 heteroatoms. The van der Waals surface area contributed by atoms with Crippen molar-refractivity contribution >= 4 is 46.1 Å². The number of nitrogens with one attached hydrogen (secondary N) is 1. The molecule has 134 valence electrons. The molecular formula is C20H19Cl2N2OS+. The molecule has 1 aromatic heterocycles. The Kier molecular flexibility index (Phi) is 6.33. The third-order valence-electron chi connectivity index (χ3n) is 4.09. The molecule has 0 fully saturated rings. The Balaban J connectivity index is 1.75. The van der Waals surface area contributed by atoms with E-state index < -0.39 is 0 Å². The minimum Gasteiger partial charge on any atom is -0.326 e. The van der Waals surface area contributed by atoms with Gasteiger partial charge >= 0.3 is 0 Å². The molecule has 0 radical (unpaired) electrons. The number of halogens is 2. The molecule has 26 heavy (non-hydrogen) atoms. The minimum atomic E-state index is -0.297. The van der Waals surface area contributed by atoms with Crippen LogP contribution in [0.25, 0.3) is 0 Å². The lowest BCUT2D eigenvalue weighted by Crippen LogP contribution is -2.92. The summed E-state index contributed by atoms with van der Waals surface area (Å²) in [4.78, 5) is 13.9. The molecule has 0 aliphatic heterocycles. The van der Waals surface area contributed by atoms with E-state index in [-0.39, 0.29) is 18.0 Å². The number of benzene rings is 2. The lowest BCUT2D eigenvalue weighted by molar-refractivity contribution is -0.703. The second kappa shape index (κ2) is 8.69. The van der Waals surface area contributed by atoms with Crippen LogP contribution in [0.1, 0.15) is 23.4 Å². The average Bonchev–Trinajstić information content (AvgIpc) is 3.17. The van der Waals surface area contributed by atoms with Gasteiger partial charge in [0.05, 0.1) is 15.6 Å². The zero-order valence-corrected chi connectivity index (χ0v) is 16.5. The van der Waals surface area contributed by atoms with Crippen LogP contribution in [0.4, 0.5) is 5.69 Å². The molecule has 0 unspecified atom stereocenters. The van der Waals surface area contributed by atoms with Crippen LogP contribution in [0.3, 0.4) is 0 Å². The van der Waals surface area contributed by atoms with Crippen LogP contribution in [0.15, 0.2) is 66.0 Å². The number of nitrogens with two attached hydrogens (primary N) is 1. The van der Waals surface area contributed by atoms with E-state index in [1.807, 2.05) is 31.2 Å². The molecule has 0 aliphatic rings. The third kappa shape index (κ3) is 4.65. The van der Waals surface area contributed by atoms with Gasteiger partial charge in [-0.3, -0.25) is 4.79 Å². The summed E-state index contributed by atoms with van der Waals surface area (Å²) in [5, 5.41) is 7.97. The molecule has 0 saturated heterocycles. The van der Waals surface area contributed by atoms with E-state index in [0.717, 1.165) is 0 Å². The summed E-state index contributed by atoms with van der Waals surface area (Å²) in [5.74, 6) is -0.105. The summed E-state index contributed by atoms with van der Waals surface area (Å²) >= 11 is 13.7. The summed E-state index contributed by atoms with van der Waals surface area (Å²) < 4.78 is 0. The number of anilines is 1. The summed E-state index contributed by atoms with van der Waals surface area (Å²) in [6.45, 7) is 1.89. The van der Waals surface area contributed by atoms with E-state index in [2.05, 4.69) is 34.2 Å². The summed E-state index contributed by atoms with van der Waals surface area (Å²) in [5.41, 5.74) is 1.73. The van der Waals surface area contributed by atoms with Gasteiger partial charge in [-0.25, -0.2) is 0 Å². The van der Waals surface area contributed by atoms with Crippen LogP contribution in [-0.2, 0) is 4.79 Å². The highest BCUT2D eigenvalue weighted by Gasteiger charge is 2.25. The number of hydrogen-bond donors (Lipinski definition) is 2. The molecule has 0 spiro atoms. The molecule has 3 nitrogen and oxygen atoms in total. The highest BCUT2D eigenvalue weighted by atomic mass is 35.5. The Labute approximate surface area is 167 Å². The Morgan fingerprint density at radius 2 is 1.85 bits per heavy atom. The number of carbonyl (C=O) groups is 1. The molecular weight excluding hydrogens is 387 g/mol. The molecule has 3 N–H and O–H groups in total. The van der Waals surface area contributed by atoms with Crippen LogP contribution < -0.4 is 10.6 Å². The maximum Gasteiger partial charge on any atom is 0.282 e. The topological polar surface area (TPSA) is 45.7 Å². The van der Waals surface area contributed by atoms with Gasteiger partial charge in [0, 0.05) is 10.6 Å². The standard InChI is InChI=1S/C20H18Cl2N2OS/c1-13(20(25)24-17-10-9-15(21)12-16(17)22)23-19(18-8-5-11-26-18)14-6-3-2-4-7-14/h2-13,19,23H,1H3,(H,24,25)/p+1/t13-,19-/m0/s1. The summed E-state index contributed by atoms with van der Waals surface area (Å²) in [6.07, 6.45) is 0. The van der Waals surface area contributed by atoms with Crippen molar-refractivity contribution in [3.05, 3.63) is 86.5 Å². The number of amides is 1. The van der Waals surface area contributed by atoms with E-state index in [9.17, 15) is 4.79 Å². The van der Waals surface area contributed by atoms with Gasteiger partial charge in [-0.2, -0.15) is 0 Å². The molecule has 3 aromatic rings. The summed E-state index contributed by atoms with van der Waals surface area (Å²) in [7, 11) is 0. The number of carbonyl (C=O) groups excluding carboxylic acids is 1. The van der Waals surface area contributed by atoms with Crippen molar-refractivity contribution in [1.29, 1.82) is 0 Å². The fourth-order valence-corrected chi connectivity index (χ4v) is 4.00. The van der Waals surface area contributed by atoms with E-state index in [1.54, 1.807) is 29.5 Å². The lowest BCUT2D eigenvalue weighted by atomic mass is 10.0. The molecule has 0 saturated carbocycles. The average molecular weight is 406 g/mol. The quantitative estimate of drug-likeness (QED) is 0.611. The van der Waals surface area contributed by atoms with Gasteiger partial charge in [0.15, 0.2) is 6.04 Å². The Morgan fingerprint density at radius 3 is 2.50 bits per heavy atom. The Morgan fingerprint density at radius 1 is 1.08 bits per heavy atom. The van der Waals surface area contributed by atoms with Gasteiger partial charge in [-0.05, 0) is 36.6 Å². The van der Waals surface area contributed by atoms with Crippen molar-refractivity contribution in [2.45, 2.75) is 19.0 Å². The molecule has 2 atom stereocenters. The van der Waals surface area contributed by atoms with Gasteiger partial charge in [0.1, 0.15) is 6.04 Å². The first-order valence-corrected chi connectivity index (χ1v) is 9.87. The van der Waals surface area contributed by atoms with E-state index in [0.29, 0.717) is 15.7 Å². The van der Waals surface area contributed by atoms with E-state index in [4.69, 9.17) is 23.2 Å². The maximum absolute atomic E-state index is 12.7. The largest absolute Gasteiger partial charge is 0.326 e. The van der Waals surface area contributed by atoms with Gasteiger partial charge < -0.3 is 10.6 Å². The number of rotatable bonds is 6. The number of thiophene rings is 1. The van der Waals surface area contributed by atoms with E-state index in [1.165, 1.54) is 10.4 Å². The van der Waals surface area contributed by atoms with Crippen LogP contribution in [0, 0.1) is 0 Å². The Hall–Kier alpha value is -1.85. The first kappa shape index (κ1) is 18.9. The lowest BCUT2D eigenvalue weighted by Gasteiger charge is -2.19. The molecule has 3 rings (SSSR count). The van der Waals surface area contributed by atoms with Crippen LogP contribution in [0.2, 0.25) is 10.0 Å². The van der Waals surface area contributed by atoms with Gasteiger partial charge in [0.25, 0.3) is 5.91 Å². The number of hydrogen-bond acceptors (Lipinski definition) is 2. The Bertz CT molecular complexity index is 869. The van der Waals surface area contributed by atoms with E-state index >= 15 is 0 Å². The zero-order chi connectivity index (χ0) is 18.5. The second-order valence-electron chi connectivity index (χ2n) is 6.00. The highest BCUT2D eigenvalue weighted by molar-refractivity contribution is 7.10. The van der Waals surface area contributed by atoms with Crippen molar-refractivity contribution < 1.29 is 10.1 Å². The summed E-state index contributed by atoms with van der Waals surface area (Å²) in [6, 6.07) is 19.1. The first-order chi connectivity index (χ1) is 12.5. The molecule has 0 aliphatic carbocycles. The molecule has 0 bridgehead atoms. The van der Waals surface area contributed by atoms with Crippen molar-refractivity contribution in [2.24, 2.45) is 0 Å². The third-order valence-corrected chi connectivity index (χ3v) is 5.60. The zero-order valence-electron chi connectivity index (χ0n) is 14.2. The molecule has 1 amide bonds. The normalized spacial score (nSPS) is 13.2. The van der Waals surface area contributed by atoms with Crippen LogP contribution >= 0.6 is 34.5 Å². The predicted molar refractivity (Wildman–Crippen MR) is 109 cm³/mol. The van der Waals surface area contributed by atoms with Crippen LogP contribution in [-0.4, -0.2) is 11.9 Å². The SMILES string of the molecule is C[C@H]([NH2+][C@@H](c1ccccc1)c1cccs1)C(=O)Nc1ccc(Cl)cc1Cl. The fraction of sp³-hybridized carbons (Fsp3) is 0.150. The monoisotopic (exact) mass is 405 g/mol. The minimum absolute atomic E-state index is 0.0673. The predicted octanol–water partition coefficient (Wildman–Crippen LogP) is 4.73. The molecule has 2 aromatic carbocycles. The number of quaternary nitrogens is 1. The van der Waals surface area contributed by atoms with Crippen molar-refractivity contribution in [3.8, 4) is 0 Å². The van der Waals surface area contributed by atoms with Gasteiger partial charge in [-0.1, -0.05) is 59.6 Å².